The Kier molecular flexibility index (Phi) is 8.28. The Morgan fingerprint density at radius 2 is 1.78 bits per heavy atom. The SMILES string of the molecule is COc1cc(C2c3c(nc4cc(C(F)(F)F)ccn34)CCN2C(=O)COc2ccc3ccccc3c2)ccc1OCCN(C)C. The summed E-state index contributed by atoms with van der Waals surface area (Å²) in [5, 5.41) is 2.05. The highest BCUT2D eigenvalue weighted by atomic mass is 19.4. The van der Waals surface area contributed by atoms with Crippen molar-refractivity contribution >= 4 is 22.3 Å². The first-order valence-corrected chi connectivity index (χ1v) is 14.6. The molecule has 3 heterocycles. The van der Waals surface area contributed by atoms with Crippen molar-refractivity contribution in [1.29, 1.82) is 0 Å². The quantitative estimate of drug-likeness (QED) is 0.202. The van der Waals surface area contributed by atoms with E-state index in [0.29, 0.717) is 60.3 Å². The molecule has 8 nitrogen and oxygen atoms in total. The van der Waals surface area contributed by atoms with Crippen LogP contribution in [0.4, 0.5) is 13.2 Å². The van der Waals surface area contributed by atoms with Crippen LogP contribution in [-0.2, 0) is 17.4 Å². The molecule has 234 valence electrons. The van der Waals surface area contributed by atoms with Gasteiger partial charge in [-0.25, -0.2) is 4.98 Å². The van der Waals surface area contributed by atoms with E-state index in [2.05, 4.69) is 4.98 Å². The van der Waals surface area contributed by atoms with E-state index in [-0.39, 0.29) is 18.2 Å². The molecule has 0 N–H and O–H groups in total. The average Bonchev–Trinajstić information content (AvgIpc) is 3.40. The molecule has 0 bridgehead atoms. The van der Waals surface area contributed by atoms with E-state index >= 15 is 0 Å². The molecule has 3 aromatic carbocycles. The summed E-state index contributed by atoms with van der Waals surface area (Å²) in [6.45, 7) is 1.24. The first kappa shape index (κ1) is 30.3. The fourth-order valence-electron chi connectivity index (χ4n) is 5.67. The van der Waals surface area contributed by atoms with Gasteiger partial charge in [-0.05, 0) is 66.8 Å². The predicted octanol–water partition coefficient (Wildman–Crippen LogP) is 6.01. The lowest BCUT2D eigenvalue weighted by atomic mass is 9.95. The number of fused-ring (bicyclic) bond motifs is 4. The number of methoxy groups -OCH3 is 1. The number of ether oxygens (including phenoxy) is 3. The number of imidazole rings is 1. The van der Waals surface area contributed by atoms with Gasteiger partial charge in [-0.3, -0.25) is 4.79 Å². The summed E-state index contributed by atoms with van der Waals surface area (Å²) in [5.74, 6) is 1.31. The number of carbonyl (C=O) groups excluding carboxylic acids is 1. The van der Waals surface area contributed by atoms with E-state index in [0.717, 1.165) is 22.9 Å². The molecule has 0 fully saturated rings. The molecule has 1 unspecified atom stereocenters. The summed E-state index contributed by atoms with van der Waals surface area (Å²) < 4.78 is 59.8. The molecule has 6 rings (SSSR count). The molecule has 0 saturated carbocycles. The number of halogens is 3. The Hall–Kier alpha value is -4.77. The van der Waals surface area contributed by atoms with Gasteiger partial charge in [0, 0.05) is 25.7 Å². The molecule has 1 aliphatic heterocycles. The van der Waals surface area contributed by atoms with Crippen molar-refractivity contribution in [2.45, 2.75) is 18.6 Å². The summed E-state index contributed by atoms with van der Waals surface area (Å²) in [4.78, 5) is 22.1. The van der Waals surface area contributed by atoms with Crippen molar-refractivity contribution in [1.82, 2.24) is 19.2 Å². The third-order valence-electron chi connectivity index (χ3n) is 7.93. The molecule has 0 radical (unpaired) electrons. The highest BCUT2D eigenvalue weighted by Gasteiger charge is 2.37. The van der Waals surface area contributed by atoms with Gasteiger partial charge >= 0.3 is 6.18 Å². The topological polar surface area (TPSA) is 68.5 Å². The summed E-state index contributed by atoms with van der Waals surface area (Å²) in [6.07, 6.45) is -2.77. The normalized spacial score (nSPS) is 15.0. The molecule has 2 aromatic heterocycles. The van der Waals surface area contributed by atoms with Crippen molar-refractivity contribution in [3.63, 3.8) is 0 Å². The van der Waals surface area contributed by atoms with Gasteiger partial charge in [0.05, 0.1) is 30.1 Å². The fourth-order valence-corrected chi connectivity index (χ4v) is 5.67. The van der Waals surface area contributed by atoms with Crippen LogP contribution in [0.25, 0.3) is 16.4 Å². The minimum Gasteiger partial charge on any atom is -0.493 e. The minimum atomic E-state index is -4.51. The number of likely N-dealkylation sites (N-methyl/N-ethyl adjacent to an activating group) is 1. The van der Waals surface area contributed by atoms with Crippen molar-refractivity contribution in [2.24, 2.45) is 0 Å². The highest BCUT2D eigenvalue weighted by Crippen LogP contribution is 2.40. The Labute approximate surface area is 258 Å². The second-order valence-electron chi connectivity index (χ2n) is 11.2. The second-order valence-corrected chi connectivity index (χ2v) is 11.2. The van der Waals surface area contributed by atoms with Gasteiger partial charge in [0.2, 0.25) is 0 Å². The van der Waals surface area contributed by atoms with Crippen LogP contribution >= 0.6 is 0 Å². The predicted molar refractivity (Wildman–Crippen MR) is 164 cm³/mol. The summed E-state index contributed by atoms with van der Waals surface area (Å²) >= 11 is 0. The maximum Gasteiger partial charge on any atom is 0.416 e. The molecule has 1 atom stereocenters. The van der Waals surface area contributed by atoms with E-state index in [1.165, 1.54) is 13.3 Å². The maximum absolute atomic E-state index is 13.9. The van der Waals surface area contributed by atoms with Crippen LogP contribution in [0.3, 0.4) is 0 Å². The molecule has 5 aromatic rings. The average molecular weight is 619 g/mol. The molecule has 1 amide bonds. The molecule has 0 aliphatic carbocycles. The van der Waals surface area contributed by atoms with Crippen LogP contribution in [0, 0.1) is 0 Å². The number of carbonyl (C=O) groups is 1. The van der Waals surface area contributed by atoms with E-state index in [9.17, 15) is 18.0 Å². The lowest BCUT2D eigenvalue weighted by molar-refractivity contribution is -0.137. The zero-order valence-corrected chi connectivity index (χ0v) is 25.2. The van der Waals surface area contributed by atoms with E-state index in [1.807, 2.05) is 67.5 Å². The third-order valence-corrected chi connectivity index (χ3v) is 7.93. The van der Waals surface area contributed by atoms with Gasteiger partial charge in [0.25, 0.3) is 5.91 Å². The van der Waals surface area contributed by atoms with Gasteiger partial charge < -0.3 is 28.4 Å². The fraction of sp³-hybridized carbons (Fsp3) is 0.294. The molecule has 1 aliphatic rings. The van der Waals surface area contributed by atoms with Gasteiger partial charge in [0.15, 0.2) is 18.1 Å². The Morgan fingerprint density at radius 1 is 0.978 bits per heavy atom. The minimum absolute atomic E-state index is 0.164. The van der Waals surface area contributed by atoms with Gasteiger partial charge in [-0.1, -0.05) is 36.4 Å². The molecule has 11 heteroatoms. The maximum atomic E-state index is 13.9. The number of alkyl halides is 3. The number of benzene rings is 3. The third kappa shape index (κ3) is 6.26. The van der Waals surface area contributed by atoms with Gasteiger partial charge in [0.1, 0.15) is 18.0 Å². The number of aromatic nitrogens is 2. The standard InChI is InChI=1S/C34H33F3N4O4/c1-39(2)16-17-44-28-11-9-24(19-29(28)43-3)32-33-27(38-30-20-25(34(35,36)37)12-14-40(30)33)13-15-41(32)31(42)21-45-26-10-8-22-6-4-5-7-23(22)18-26/h4-12,14,18-20,32H,13,15-17,21H2,1-3H3. The van der Waals surface area contributed by atoms with Crippen LogP contribution in [0.2, 0.25) is 0 Å². The number of rotatable bonds is 9. The number of amides is 1. The van der Waals surface area contributed by atoms with Crippen LogP contribution in [-0.4, -0.2) is 72.6 Å². The number of nitrogens with zero attached hydrogens (tertiary/aromatic N) is 4. The lowest BCUT2D eigenvalue weighted by Gasteiger charge is -2.36. The van der Waals surface area contributed by atoms with Crippen molar-refractivity contribution in [2.75, 3.05) is 47.5 Å². The van der Waals surface area contributed by atoms with Crippen molar-refractivity contribution in [3.05, 3.63) is 102 Å². The zero-order chi connectivity index (χ0) is 31.7. The number of hydrogen-bond acceptors (Lipinski definition) is 6. The Morgan fingerprint density at radius 3 is 2.53 bits per heavy atom. The lowest BCUT2D eigenvalue weighted by Crippen LogP contribution is -2.43. The summed E-state index contributed by atoms with van der Waals surface area (Å²) in [7, 11) is 5.44. The van der Waals surface area contributed by atoms with Crippen LogP contribution in [0.5, 0.6) is 17.2 Å². The smallest absolute Gasteiger partial charge is 0.416 e. The van der Waals surface area contributed by atoms with Crippen LogP contribution < -0.4 is 14.2 Å². The number of pyridine rings is 1. The van der Waals surface area contributed by atoms with E-state index < -0.39 is 17.8 Å². The van der Waals surface area contributed by atoms with Crippen LogP contribution in [0.1, 0.15) is 28.6 Å². The zero-order valence-electron chi connectivity index (χ0n) is 25.2. The van der Waals surface area contributed by atoms with Crippen molar-refractivity contribution in [3.8, 4) is 17.2 Å². The van der Waals surface area contributed by atoms with E-state index in [1.54, 1.807) is 21.4 Å². The first-order valence-electron chi connectivity index (χ1n) is 14.6. The summed E-state index contributed by atoms with van der Waals surface area (Å²) in [6, 6.07) is 20.4. The number of hydrogen-bond donors (Lipinski definition) is 0. The van der Waals surface area contributed by atoms with Gasteiger partial charge in [-0.15, -0.1) is 0 Å². The molecule has 45 heavy (non-hydrogen) atoms. The van der Waals surface area contributed by atoms with Crippen LogP contribution in [0.15, 0.2) is 79.0 Å². The molecule has 0 saturated heterocycles. The Balaban J connectivity index is 1.36. The molecular formula is C34H33F3N4O4. The largest absolute Gasteiger partial charge is 0.493 e. The van der Waals surface area contributed by atoms with E-state index in [4.69, 9.17) is 14.2 Å². The summed E-state index contributed by atoms with van der Waals surface area (Å²) in [5.41, 5.74) is 1.33. The second kappa shape index (κ2) is 12.3. The highest BCUT2D eigenvalue weighted by molar-refractivity contribution is 5.84. The van der Waals surface area contributed by atoms with Crippen molar-refractivity contribution < 1.29 is 32.2 Å². The Bertz CT molecular complexity index is 1850. The molecule has 0 spiro atoms. The monoisotopic (exact) mass is 618 g/mol. The first-order chi connectivity index (χ1) is 21.6. The van der Waals surface area contributed by atoms with Gasteiger partial charge in [-0.2, -0.15) is 13.2 Å². The molecular weight excluding hydrogens is 585 g/mol.